The molecule has 2 aromatic rings. The van der Waals surface area contributed by atoms with Crippen molar-refractivity contribution in [3.63, 3.8) is 0 Å². The second-order valence-electron chi connectivity index (χ2n) is 4.39. The van der Waals surface area contributed by atoms with Crippen LogP contribution >= 0.6 is 0 Å². The number of aromatic nitrogens is 3. The lowest BCUT2D eigenvalue weighted by Crippen LogP contribution is -2.20. The number of anilines is 1. The van der Waals surface area contributed by atoms with Gasteiger partial charge in [0.1, 0.15) is 17.8 Å². The first-order valence-electron chi connectivity index (χ1n) is 5.95. The average Bonchev–Trinajstić information content (AvgIpc) is 2.83. The standard InChI is InChI=1S/C12H15N5O3/c1-15(6-12-13-8-14-16(12)2)11-5-9(7-18)3-4-10(11)17(19)20/h3-5,8,18H,6-7H2,1-2H3. The maximum absolute atomic E-state index is 11.1. The van der Waals surface area contributed by atoms with E-state index in [0.29, 0.717) is 23.6 Å². The highest BCUT2D eigenvalue weighted by Gasteiger charge is 2.18. The van der Waals surface area contributed by atoms with Crippen LogP contribution in [0.15, 0.2) is 24.5 Å². The number of aliphatic hydroxyl groups excluding tert-OH is 1. The molecule has 1 aromatic carbocycles. The van der Waals surface area contributed by atoms with Gasteiger partial charge in [-0.05, 0) is 17.7 Å². The third-order valence-corrected chi connectivity index (χ3v) is 3.01. The Morgan fingerprint density at radius 3 is 2.80 bits per heavy atom. The first-order chi connectivity index (χ1) is 9.52. The summed E-state index contributed by atoms with van der Waals surface area (Å²) in [5.74, 6) is 0.691. The number of nitro groups is 1. The summed E-state index contributed by atoms with van der Waals surface area (Å²) in [6.07, 6.45) is 1.43. The molecule has 0 aliphatic rings. The first-order valence-corrected chi connectivity index (χ1v) is 5.95. The van der Waals surface area contributed by atoms with Gasteiger partial charge < -0.3 is 10.0 Å². The number of hydrogen-bond donors (Lipinski definition) is 1. The minimum Gasteiger partial charge on any atom is -0.392 e. The molecule has 1 aromatic heterocycles. The van der Waals surface area contributed by atoms with E-state index >= 15 is 0 Å². The zero-order chi connectivity index (χ0) is 14.7. The molecule has 0 radical (unpaired) electrons. The van der Waals surface area contributed by atoms with Gasteiger partial charge >= 0.3 is 0 Å². The fraction of sp³-hybridized carbons (Fsp3) is 0.333. The third kappa shape index (κ3) is 2.75. The number of hydrogen-bond acceptors (Lipinski definition) is 6. The van der Waals surface area contributed by atoms with Crippen molar-refractivity contribution < 1.29 is 10.0 Å². The van der Waals surface area contributed by atoms with Crippen molar-refractivity contribution in [3.05, 3.63) is 46.0 Å². The van der Waals surface area contributed by atoms with Crippen LogP contribution in [0.5, 0.6) is 0 Å². The zero-order valence-corrected chi connectivity index (χ0v) is 11.2. The Bertz CT molecular complexity index is 625. The van der Waals surface area contributed by atoms with Gasteiger partial charge in [-0.15, -0.1) is 0 Å². The predicted octanol–water partition coefficient (Wildman–Crippen LogP) is 0.852. The van der Waals surface area contributed by atoms with Gasteiger partial charge in [-0.25, -0.2) is 4.98 Å². The Balaban J connectivity index is 2.34. The van der Waals surface area contributed by atoms with E-state index in [-0.39, 0.29) is 12.3 Å². The molecule has 0 fully saturated rings. The molecule has 0 bridgehead atoms. The van der Waals surface area contributed by atoms with Crippen LogP contribution in [-0.2, 0) is 20.2 Å². The molecule has 0 amide bonds. The summed E-state index contributed by atoms with van der Waals surface area (Å²) in [6.45, 7) is 0.217. The summed E-state index contributed by atoms with van der Waals surface area (Å²) < 4.78 is 1.61. The molecule has 0 aliphatic carbocycles. The van der Waals surface area contributed by atoms with Crippen molar-refractivity contribution in [2.45, 2.75) is 13.2 Å². The quantitative estimate of drug-likeness (QED) is 0.642. The van der Waals surface area contributed by atoms with Crippen molar-refractivity contribution in [3.8, 4) is 0 Å². The molecular weight excluding hydrogens is 262 g/mol. The Labute approximate surface area is 115 Å². The molecule has 2 rings (SSSR count). The summed E-state index contributed by atoms with van der Waals surface area (Å²) >= 11 is 0. The van der Waals surface area contributed by atoms with E-state index in [0.717, 1.165) is 0 Å². The van der Waals surface area contributed by atoms with E-state index in [9.17, 15) is 10.1 Å². The SMILES string of the molecule is CN(Cc1ncnn1C)c1cc(CO)ccc1[N+](=O)[O-]. The van der Waals surface area contributed by atoms with Gasteiger partial charge in [0, 0.05) is 20.2 Å². The van der Waals surface area contributed by atoms with Crippen molar-refractivity contribution in [2.75, 3.05) is 11.9 Å². The normalized spacial score (nSPS) is 10.6. The number of nitrogens with zero attached hydrogens (tertiary/aromatic N) is 5. The van der Waals surface area contributed by atoms with Gasteiger partial charge in [-0.2, -0.15) is 5.10 Å². The van der Waals surface area contributed by atoms with E-state index in [4.69, 9.17) is 5.11 Å². The maximum atomic E-state index is 11.1. The van der Waals surface area contributed by atoms with Gasteiger partial charge in [-0.1, -0.05) is 0 Å². The van der Waals surface area contributed by atoms with Crippen LogP contribution in [0.4, 0.5) is 11.4 Å². The Morgan fingerprint density at radius 2 is 2.25 bits per heavy atom. The van der Waals surface area contributed by atoms with Gasteiger partial charge in [-0.3, -0.25) is 14.8 Å². The van der Waals surface area contributed by atoms with E-state index in [2.05, 4.69) is 10.1 Å². The Hall–Kier alpha value is -2.48. The van der Waals surface area contributed by atoms with Crippen LogP contribution in [-0.4, -0.2) is 31.8 Å². The first kappa shape index (κ1) is 13.9. The molecule has 0 unspecified atom stereocenters. The van der Waals surface area contributed by atoms with Gasteiger partial charge in [0.15, 0.2) is 0 Å². The smallest absolute Gasteiger partial charge is 0.292 e. The largest absolute Gasteiger partial charge is 0.392 e. The summed E-state index contributed by atoms with van der Waals surface area (Å²) in [5.41, 5.74) is 1.05. The highest BCUT2D eigenvalue weighted by molar-refractivity contribution is 5.64. The summed E-state index contributed by atoms with van der Waals surface area (Å²) in [4.78, 5) is 16.4. The Kier molecular flexibility index (Phi) is 3.94. The molecule has 8 nitrogen and oxygen atoms in total. The number of rotatable bonds is 5. The number of nitro benzene ring substituents is 1. The van der Waals surface area contributed by atoms with E-state index in [1.807, 2.05) is 0 Å². The topological polar surface area (TPSA) is 97.3 Å². The zero-order valence-electron chi connectivity index (χ0n) is 11.2. The highest BCUT2D eigenvalue weighted by Crippen LogP contribution is 2.29. The molecule has 0 aliphatic heterocycles. The van der Waals surface area contributed by atoms with Crippen molar-refractivity contribution in [1.29, 1.82) is 0 Å². The molecule has 8 heteroatoms. The van der Waals surface area contributed by atoms with Crippen LogP contribution < -0.4 is 4.90 Å². The summed E-state index contributed by atoms with van der Waals surface area (Å²) in [5, 5.41) is 24.2. The van der Waals surface area contributed by atoms with E-state index < -0.39 is 4.92 Å². The molecule has 0 spiro atoms. The predicted molar refractivity (Wildman–Crippen MR) is 72.1 cm³/mol. The lowest BCUT2D eigenvalue weighted by Gasteiger charge is -2.19. The number of aryl methyl sites for hydroxylation is 1. The molecular formula is C12H15N5O3. The highest BCUT2D eigenvalue weighted by atomic mass is 16.6. The Morgan fingerprint density at radius 1 is 1.50 bits per heavy atom. The van der Waals surface area contributed by atoms with Gasteiger partial charge in [0.05, 0.1) is 18.1 Å². The fourth-order valence-electron chi connectivity index (χ4n) is 1.89. The van der Waals surface area contributed by atoms with Gasteiger partial charge in [0.2, 0.25) is 0 Å². The minimum absolute atomic E-state index is 0.00753. The minimum atomic E-state index is -0.441. The lowest BCUT2D eigenvalue weighted by molar-refractivity contribution is -0.384. The molecule has 20 heavy (non-hydrogen) atoms. The number of benzene rings is 1. The van der Waals surface area contributed by atoms with Crippen LogP contribution in [0.3, 0.4) is 0 Å². The van der Waals surface area contributed by atoms with Crippen molar-refractivity contribution in [2.24, 2.45) is 7.05 Å². The molecule has 0 atom stereocenters. The van der Waals surface area contributed by atoms with E-state index in [1.165, 1.54) is 18.5 Å². The van der Waals surface area contributed by atoms with Crippen molar-refractivity contribution >= 4 is 11.4 Å². The molecule has 0 saturated heterocycles. The molecule has 106 valence electrons. The maximum Gasteiger partial charge on any atom is 0.292 e. The fourth-order valence-corrected chi connectivity index (χ4v) is 1.89. The monoisotopic (exact) mass is 277 g/mol. The average molecular weight is 277 g/mol. The van der Waals surface area contributed by atoms with Crippen LogP contribution in [0.2, 0.25) is 0 Å². The van der Waals surface area contributed by atoms with Crippen molar-refractivity contribution in [1.82, 2.24) is 14.8 Å². The second kappa shape index (κ2) is 5.66. The molecule has 1 heterocycles. The van der Waals surface area contributed by atoms with Gasteiger partial charge in [0.25, 0.3) is 5.69 Å². The second-order valence-corrected chi connectivity index (χ2v) is 4.39. The van der Waals surface area contributed by atoms with E-state index in [1.54, 1.807) is 29.7 Å². The van der Waals surface area contributed by atoms with Crippen LogP contribution in [0.1, 0.15) is 11.4 Å². The molecule has 1 N–H and O–H groups in total. The lowest BCUT2D eigenvalue weighted by atomic mass is 10.1. The number of aliphatic hydroxyl groups is 1. The van der Waals surface area contributed by atoms with Crippen LogP contribution in [0.25, 0.3) is 0 Å². The summed E-state index contributed by atoms with van der Waals surface area (Å²) in [7, 11) is 3.49. The molecule has 0 saturated carbocycles. The van der Waals surface area contributed by atoms with Crippen LogP contribution in [0, 0.1) is 10.1 Å². The third-order valence-electron chi connectivity index (χ3n) is 3.01. The summed E-state index contributed by atoms with van der Waals surface area (Å²) in [6, 6.07) is 4.54.